The molecule has 0 N–H and O–H groups in total. The van der Waals surface area contributed by atoms with E-state index in [1.165, 1.54) is 44.2 Å². The monoisotopic (exact) mass is 351 g/mol. The number of unbranched alkanes of at least 4 members (excludes halogenated alkanes) is 5. The molecule has 3 heteroatoms. The third-order valence-corrected chi connectivity index (χ3v) is 4.87. The maximum absolute atomic E-state index is 13.5. The quantitative estimate of drug-likeness (QED) is 0.324. The summed E-state index contributed by atoms with van der Waals surface area (Å²) in [6.45, 7) is 3.13. The van der Waals surface area contributed by atoms with Crippen LogP contribution in [-0.4, -0.2) is 10.4 Å². The molecule has 0 bridgehead atoms. The average molecular weight is 351 g/mol. The largest absolute Gasteiger partial charge is 0.347 e. The maximum Gasteiger partial charge on any atom is 0.195 e. The van der Waals surface area contributed by atoms with Crippen molar-refractivity contribution in [1.29, 1.82) is 0 Å². The minimum Gasteiger partial charge on any atom is -0.347 e. The number of benzene rings is 2. The first-order chi connectivity index (χ1) is 12.7. The van der Waals surface area contributed by atoms with E-state index in [9.17, 15) is 9.18 Å². The summed E-state index contributed by atoms with van der Waals surface area (Å²) in [6, 6.07) is 13.9. The summed E-state index contributed by atoms with van der Waals surface area (Å²) in [7, 11) is 0. The molecular formula is C23H26FNO. The van der Waals surface area contributed by atoms with Crippen LogP contribution in [0.15, 0.2) is 54.7 Å². The van der Waals surface area contributed by atoms with E-state index in [0.29, 0.717) is 11.1 Å². The van der Waals surface area contributed by atoms with Gasteiger partial charge in [-0.15, -0.1) is 0 Å². The third kappa shape index (κ3) is 4.21. The number of nitrogens with zero attached hydrogens (tertiary/aromatic N) is 1. The fraction of sp³-hybridized carbons (Fsp3) is 0.348. The molecule has 0 amide bonds. The number of hydrogen-bond acceptors (Lipinski definition) is 1. The molecule has 2 aromatic carbocycles. The van der Waals surface area contributed by atoms with Gasteiger partial charge in [-0.05, 0) is 24.6 Å². The van der Waals surface area contributed by atoms with E-state index >= 15 is 0 Å². The van der Waals surface area contributed by atoms with Gasteiger partial charge < -0.3 is 4.57 Å². The van der Waals surface area contributed by atoms with E-state index in [1.807, 2.05) is 24.4 Å². The highest BCUT2D eigenvalue weighted by Crippen LogP contribution is 2.25. The third-order valence-electron chi connectivity index (χ3n) is 4.87. The Kier molecular flexibility index (Phi) is 6.21. The number of rotatable bonds is 9. The Morgan fingerprint density at radius 2 is 1.73 bits per heavy atom. The molecule has 136 valence electrons. The zero-order valence-corrected chi connectivity index (χ0v) is 15.4. The predicted octanol–water partition coefficient (Wildman–Crippen LogP) is 6.37. The van der Waals surface area contributed by atoms with Gasteiger partial charge in [-0.3, -0.25) is 4.79 Å². The smallest absolute Gasteiger partial charge is 0.195 e. The molecule has 0 saturated heterocycles. The van der Waals surface area contributed by atoms with Gasteiger partial charge in [0.1, 0.15) is 5.82 Å². The molecule has 3 aromatic rings. The molecule has 2 nitrogen and oxygen atoms in total. The van der Waals surface area contributed by atoms with Gasteiger partial charge in [0.05, 0.1) is 0 Å². The number of ketones is 1. The van der Waals surface area contributed by atoms with Gasteiger partial charge in [0.25, 0.3) is 0 Å². The Bertz CT molecular complexity index is 881. The normalized spacial score (nSPS) is 11.2. The summed E-state index contributed by atoms with van der Waals surface area (Å²) in [5, 5.41) is 0.938. The zero-order chi connectivity index (χ0) is 18.4. The second kappa shape index (κ2) is 8.79. The molecule has 0 aliphatic heterocycles. The second-order valence-electron chi connectivity index (χ2n) is 6.86. The van der Waals surface area contributed by atoms with Crippen LogP contribution in [0.5, 0.6) is 0 Å². The molecule has 0 aliphatic carbocycles. The lowest BCUT2D eigenvalue weighted by molar-refractivity contribution is 0.103. The van der Waals surface area contributed by atoms with Crippen LogP contribution in [0.2, 0.25) is 0 Å². The van der Waals surface area contributed by atoms with Gasteiger partial charge in [0.15, 0.2) is 5.78 Å². The van der Waals surface area contributed by atoms with Crippen molar-refractivity contribution >= 4 is 16.7 Å². The van der Waals surface area contributed by atoms with Crippen molar-refractivity contribution in [3.63, 3.8) is 0 Å². The lowest BCUT2D eigenvalue weighted by atomic mass is 10.0. The van der Waals surface area contributed by atoms with E-state index < -0.39 is 0 Å². The Morgan fingerprint density at radius 1 is 0.962 bits per heavy atom. The molecule has 0 atom stereocenters. The number of aromatic nitrogens is 1. The molecule has 26 heavy (non-hydrogen) atoms. The van der Waals surface area contributed by atoms with E-state index in [0.717, 1.165) is 23.9 Å². The number of hydrogen-bond donors (Lipinski definition) is 0. The number of fused-ring (bicyclic) bond motifs is 1. The summed E-state index contributed by atoms with van der Waals surface area (Å²) >= 11 is 0. The van der Waals surface area contributed by atoms with Crippen LogP contribution in [0.4, 0.5) is 4.39 Å². The minimum absolute atomic E-state index is 0.123. The number of carbonyl (C=O) groups is 1. The van der Waals surface area contributed by atoms with Crippen molar-refractivity contribution < 1.29 is 9.18 Å². The van der Waals surface area contributed by atoms with E-state index in [-0.39, 0.29) is 11.6 Å². The highest BCUT2D eigenvalue weighted by atomic mass is 19.1. The van der Waals surface area contributed by atoms with Gasteiger partial charge in [0, 0.05) is 34.8 Å². The number of para-hydroxylation sites is 1. The Hall–Kier alpha value is -2.42. The molecule has 0 unspecified atom stereocenters. The summed E-state index contributed by atoms with van der Waals surface area (Å²) in [5.74, 6) is -0.505. The second-order valence-corrected chi connectivity index (χ2v) is 6.86. The van der Waals surface area contributed by atoms with Gasteiger partial charge in [-0.1, -0.05) is 69.4 Å². The van der Waals surface area contributed by atoms with Crippen LogP contribution >= 0.6 is 0 Å². The van der Waals surface area contributed by atoms with Crippen molar-refractivity contribution in [2.45, 2.75) is 52.0 Å². The average Bonchev–Trinajstić information content (AvgIpc) is 3.03. The molecule has 3 rings (SSSR count). The van der Waals surface area contributed by atoms with Gasteiger partial charge in [-0.25, -0.2) is 4.39 Å². The molecule has 0 fully saturated rings. The van der Waals surface area contributed by atoms with Crippen molar-refractivity contribution in [2.24, 2.45) is 0 Å². The SMILES string of the molecule is CCCCCCCCn1cc(C(=O)c2cccc(F)c2)c2ccccc21. The van der Waals surface area contributed by atoms with Crippen molar-refractivity contribution in [3.8, 4) is 0 Å². The van der Waals surface area contributed by atoms with E-state index in [4.69, 9.17) is 0 Å². The molecule has 1 heterocycles. The van der Waals surface area contributed by atoms with E-state index in [1.54, 1.807) is 12.1 Å². The van der Waals surface area contributed by atoms with Crippen molar-refractivity contribution in [3.05, 3.63) is 71.7 Å². The molecule has 0 spiro atoms. The van der Waals surface area contributed by atoms with Gasteiger partial charge in [-0.2, -0.15) is 0 Å². The van der Waals surface area contributed by atoms with Crippen LogP contribution in [0.1, 0.15) is 61.4 Å². The lowest BCUT2D eigenvalue weighted by Gasteiger charge is -2.05. The Morgan fingerprint density at radius 3 is 2.54 bits per heavy atom. The lowest BCUT2D eigenvalue weighted by Crippen LogP contribution is -2.01. The highest BCUT2D eigenvalue weighted by molar-refractivity contribution is 6.16. The molecule has 0 saturated carbocycles. The van der Waals surface area contributed by atoms with E-state index in [2.05, 4.69) is 17.6 Å². The molecular weight excluding hydrogens is 325 g/mol. The summed E-state index contributed by atoms with van der Waals surface area (Å²) in [4.78, 5) is 12.9. The minimum atomic E-state index is -0.383. The molecule has 0 aliphatic rings. The molecule has 1 aromatic heterocycles. The van der Waals surface area contributed by atoms with Crippen LogP contribution < -0.4 is 0 Å². The highest BCUT2D eigenvalue weighted by Gasteiger charge is 2.16. The number of halogens is 1. The standard InChI is InChI=1S/C23H26FNO/c1-2-3-4-5-6-9-15-25-17-21(20-13-7-8-14-22(20)25)23(26)18-11-10-12-19(24)16-18/h7-8,10-14,16-17H,2-6,9,15H2,1H3. The molecule has 0 radical (unpaired) electrons. The van der Waals surface area contributed by atoms with Crippen molar-refractivity contribution in [1.82, 2.24) is 4.57 Å². The summed E-state index contributed by atoms with van der Waals surface area (Å²) in [5.41, 5.74) is 2.12. The summed E-state index contributed by atoms with van der Waals surface area (Å²) in [6.07, 6.45) is 9.38. The fourth-order valence-electron chi connectivity index (χ4n) is 3.46. The number of carbonyl (C=O) groups excluding carboxylic acids is 1. The zero-order valence-electron chi connectivity index (χ0n) is 15.4. The summed E-state index contributed by atoms with van der Waals surface area (Å²) < 4.78 is 15.7. The van der Waals surface area contributed by atoms with Gasteiger partial charge in [0.2, 0.25) is 0 Å². The number of aryl methyl sites for hydroxylation is 1. The maximum atomic E-state index is 13.5. The van der Waals surface area contributed by atoms with Crippen LogP contribution in [0.25, 0.3) is 10.9 Å². The first-order valence-corrected chi connectivity index (χ1v) is 9.59. The Balaban J connectivity index is 1.80. The van der Waals surface area contributed by atoms with Crippen LogP contribution in [-0.2, 0) is 6.54 Å². The predicted molar refractivity (Wildman–Crippen MR) is 105 cm³/mol. The topological polar surface area (TPSA) is 22.0 Å². The van der Waals surface area contributed by atoms with Crippen LogP contribution in [0, 0.1) is 5.82 Å². The van der Waals surface area contributed by atoms with Crippen molar-refractivity contribution in [2.75, 3.05) is 0 Å². The first-order valence-electron chi connectivity index (χ1n) is 9.59. The fourth-order valence-corrected chi connectivity index (χ4v) is 3.46. The van der Waals surface area contributed by atoms with Crippen LogP contribution in [0.3, 0.4) is 0 Å². The van der Waals surface area contributed by atoms with Gasteiger partial charge >= 0.3 is 0 Å². The first kappa shape index (κ1) is 18.4. The Labute approximate surface area is 154 Å².